The van der Waals surface area contributed by atoms with Gasteiger partial charge in [-0.1, -0.05) is 18.6 Å². The van der Waals surface area contributed by atoms with E-state index in [0.29, 0.717) is 12.1 Å². The summed E-state index contributed by atoms with van der Waals surface area (Å²) < 4.78 is 4.63. The summed E-state index contributed by atoms with van der Waals surface area (Å²) in [5.74, 6) is -0.326. The molecule has 1 aromatic carbocycles. The van der Waals surface area contributed by atoms with Crippen LogP contribution < -0.4 is 11.5 Å². The Morgan fingerprint density at radius 2 is 1.94 bits per heavy atom. The SMILES string of the molecule is COC(=O)c1ccc([C@@H](N)CCCCN)cc1. The van der Waals surface area contributed by atoms with E-state index < -0.39 is 0 Å². The second-order valence-corrected chi connectivity index (χ2v) is 4.00. The van der Waals surface area contributed by atoms with Crippen LogP contribution in [-0.4, -0.2) is 19.6 Å². The van der Waals surface area contributed by atoms with Gasteiger partial charge in [-0.15, -0.1) is 0 Å². The molecule has 4 nitrogen and oxygen atoms in total. The Bertz CT molecular complexity index is 349. The van der Waals surface area contributed by atoms with Crippen LogP contribution in [0, 0.1) is 0 Å². The standard InChI is InChI=1S/C13H20N2O2/c1-17-13(16)11-7-5-10(6-8-11)12(15)4-2-3-9-14/h5-8,12H,2-4,9,14-15H2,1H3/t12-/m0/s1. The van der Waals surface area contributed by atoms with E-state index in [4.69, 9.17) is 11.5 Å². The highest BCUT2D eigenvalue weighted by molar-refractivity contribution is 5.89. The molecule has 0 aliphatic rings. The lowest BCUT2D eigenvalue weighted by atomic mass is 10.0. The van der Waals surface area contributed by atoms with Crippen LogP contribution >= 0.6 is 0 Å². The molecule has 94 valence electrons. The molecule has 4 heteroatoms. The number of hydrogen-bond acceptors (Lipinski definition) is 4. The van der Waals surface area contributed by atoms with Gasteiger partial charge < -0.3 is 16.2 Å². The lowest BCUT2D eigenvalue weighted by molar-refractivity contribution is 0.0600. The van der Waals surface area contributed by atoms with E-state index in [2.05, 4.69) is 4.74 Å². The number of nitrogens with two attached hydrogens (primary N) is 2. The summed E-state index contributed by atoms with van der Waals surface area (Å²) in [7, 11) is 1.37. The Morgan fingerprint density at radius 3 is 2.47 bits per heavy atom. The summed E-state index contributed by atoms with van der Waals surface area (Å²) in [5, 5.41) is 0. The van der Waals surface area contributed by atoms with Crippen LogP contribution in [0.3, 0.4) is 0 Å². The van der Waals surface area contributed by atoms with Gasteiger partial charge in [0, 0.05) is 6.04 Å². The molecular weight excluding hydrogens is 216 g/mol. The summed E-state index contributed by atoms with van der Waals surface area (Å²) in [6.07, 6.45) is 2.93. The lowest BCUT2D eigenvalue weighted by Crippen LogP contribution is -2.11. The quantitative estimate of drug-likeness (QED) is 0.581. The summed E-state index contributed by atoms with van der Waals surface area (Å²) in [5.41, 5.74) is 13.1. The maximum atomic E-state index is 11.2. The molecule has 4 N–H and O–H groups in total. The molecule has 0 aromatic heterocycles. The molecule has 1 aromatic rings. The van der Waals surface area contributed by atoms with Crippen LogP contribution in [0.5, 0.6) is 0 Å². The maximum Gasteiger partial charge on any atom is 0.337 e. The molecule has 0 aliphatic carbocycles. The number of methoxy groups -OCH3 is 1. The highest BCUT2D eigenvalue weighted by Crippen LogP contribution is 2.17. The number of ether oxygens (including phenoxy) is 1. The maximum absolute atomic E-state index is 11.2. The van der Waals surface area contributed by atoms with Crippen LogP contribution in [0.25, 0.3) is 0 Å². The Kier molecular flexibility index (Phi) is 5.66. The Labute approximate surface area is 102 Å². The van der Waals surface area contributed by atoms with Crippen molar-refractivity contribution in [2.24, 2.45) is 11.5 Å². The zero-order chi connectivity index (χ0) is 12.7. The number of rotatable bonds is 6. The predicted octanol–water partition coefficient (Wildman–Crippen LogP) is 1.60. The van der Waals surface area contributed by atoms with E-state index in [-0.39, 0.29) is 12.0 Å². The number of carbonyl (C=O) groups is 1. The minimum atomic E-state index is -0.326. The third kappa shape index (κ3) is 4.17. The van der Waals surface area contributed by atoms with Crippen molar-refractivity contribution in [3.8, 4) is 0 Å². The van der Waals surface area contributed by atoms with Crippen molar-refractivity contribution in [1.82, 2.24) is 0 Å². The number of benzene rings is 1. The lowest BCUT2D eigenvalue weighted by Gasteiger charge is -2.11. The summed E-state index contributed by atoms with van der Waals surface area (Å²) in [4.78, 5) is 11.2. The molecule has 1 atom stereocenters. The Balaban J connectivity index is 2.57. The van der Waals surface area contributed by atoms with E-state index in [0.717, 1.165) is 24.8 Å². The zero-order valence-corrected chi connectivity index (χ0v) is 10.2. The molecule has 1 rings (SSSR count). The third-order valence-electron chi connectivity index (χ3n) is 2.73. The van der Waals surface area contributed by atoms with Crippen LogP contribution in [0.4, 0.5) is 0 Å². The molecule has 0 unspecified atom stereocenters. The summed E-state index contributed by atoms with van der Waals surface area (Å²) in [6, 6.07) is 7.24. The zero-order valence-electron chi connectivity index (χ0n) is 10.2. The molecule has 0 spiro atoms. The van der Waals surface area contributed by atoms with Gasteiger partial charge in [0.1, 0.15) is 0 Å². The van der Waals surface area contributed by atoms with Crippen LogP contribution in [-0.2, 0) is 4.74 Å². The highest BCUT2D eigenvalue weighted by atomic mass is 16.5. The first kappa shape index (κ1) is 13.7. The average Bonchev–Trinajstić information content (AvgIpc) is 2.38. The molecule has 0 radical (unpaired) electrons. The second kappa shape index (κ2) is 7.04. The van der Waals surface area contributed by atoms with Gasteiger partial charge in [-0.2, -0.15) is 0 Å². The van der Waals surface area contributed by atoms with E-state index in [9.17, 15) is 4.79 Å². The first-order valence-electron chi connectivity index (χ1n) is 5.83. The van der Waals surface area contributed by atoms with Gasteiger partial charge in [-0.3, -0.25) is 0 Å². The van der Waals surface area contributed by atoms with Crippen molar-refractivity contribution >= 4 is 5.97 Å². The van der Waals surface area contributed by atoms with E-state index in [1.165, 1.54) is 7.11 Å². The fourth-order valence-electron chi connectivity index (χ4n) is 1.66. The summed E-state index contributed by atoms with van der Waals surface area (Å²) in [6.45, 7) is 0.702. The monoisotopic (exact) mass is 236 g/mol. The molecule has 0 aliphatic heterocycles. The molecule has 0 amide bonds. The number of hydrogen-bond donors (Lipinski definition) is 2. The largest absolute Gasteiger partial charge is 0.465 e. The predicted molar refractivity (Wildman–Crippen MR) is 67.6 cm³/mol. The highest BCUT2D eigenvalue weighted by Gasteiger charge is 2.08. The van der Waals surface area contributed by atoms with Gasteiger partial charge in [0.2, 0.25) is 0 Å². The molecule has 0 fully saturated rings. The molecule has 0 saturated heterocycles. The average molecular weight is 236 g/mol. The van der Waals surface area contributed by atoms with Crippen molar-refractivity contribution in [1.29, 1.82) is 0 Å². The first-order valence-corrected chi connectivity index (χ1v) is 5.83. The molecule has 0 bridgehead atoms. The van der Waals surface area contributed by atoms with Gasteiger partial charge in [0.05, 0.1) is 12.7 Å². The normalized spacial score (nSPS) is 12.2. The topological polar surface area (TPSA) is 78.3 Å². The van der Waals surface area contributed by atoms with Crippen LogP contribution in [0.2, 0.25) is 0 Å². The van der Waals surface area contributed by atoms with Crippen molar-refractivity contribution in [2.75, 3.05) is 13.7 Å². The van der Waals surface area contributed by atoms with E-state index in [1.807, 2.05) is 12.1 Å². The minimum absolute atomic E-state index is 0.00764. The smallest absolute Gasteiger partial charge is 0.337 e. The Hall–Kier alpha value is -1.39. The van der Waals surface area contributed by atoms with Gasteiger partial charge in [0.15, 0.2) is 0 Å². The van der Waals surface area contributed by atoms with Crippen molar-refractivity contribution in [3.05, 3.63) is 35.4 Å². The third-order valence-corrected chi connectivity index (χ3v) is 2.73. The number of carbonyl (C=O) groups excluding carboxylic acids is 1. The summed E-state index contributed by atoms with van der Waals surface area (Å²) >= 11 is 0. The molecule has 17 heavy (non-hydrogen) atoms. The fraction of sp³-hybridized carbons (Fsp3) is 0.462. The molecule has 0 heterocycles. The number of unbranched alkanes of at least 4 members (excludes halogenated alkanes) is 1. The van der Waals surface area contributed by atoms with Crippen molar-refractivity contribution in [3.63, 3.8) is 0 Å². The Morgan fingerprint density at radius 1 is 1.29 bits per heavy atom. The molecule has 0 saturated carbocycles. The minimum Gasteiger partial charge on any atom is -0.465 e. The van der Waals surface area contributed by atoms with Crippen molar-refractivity contribution < 1.29 is 9.53 Å². The second-order valence-electron chi connectivity index (χ2n) is 4.00. The van der Waals surface area contributed by atoms with E-state index in [1.54, 1.807) is 12.1 Å². The molecular formula is C13H20N2O2. The van der Waals surface area contributed by atoms with Crippen LogP contribution in [0.1, 0.15) is 41.2 Å². The van der Waals surface area contributed by atoms with Gasteiger partial charge in [-0.05, 0) is 37.1 Å². The van der Waals surface area contributed by atoms with Crippen molar-refractivity contribution in [2.45, 2.75) is 25.3 Å². The van der Waals surface area contributed by atoms with Gasteiger partial charge >= 0.3 is 5.97 Å². The van der Waals surface area contributed by atoms with Gasteiger partial charge in [-0.25, -0.2) is 4.79 Å². The van der Waals surface area contributed by atoms with Crippen LogP contribution in [0.15, 0.2) is 24.3 Å². The van der Waals surface area contributed by atoms with Gasteiger partial charge in [0.25, 0.3) is 0 Å². The van der Waals surface area contributed by atoms with E-state index >= 15 is 0 Å². The number of esters is 1. The fourth-order valence-corrected chi connectivity index (χ4v) is 1.66. The first-order chi connectivity index (χ1) is 8.19.